The molecule has 6 aromatic carbocycles. The summed E-state index contributed by atoms with van der Waals surface area (Å²) in [6, 6.07) is 45.4. The molecule has 0 radical (unpaired) electrons. The number of fused-ring (bicyclic) bond motifs is 9. The minimum Gasteiger partial charge on any atom is -0.457 e. The smallest absolute Gasteiger partial charge is 0.416 e. The number of para-hydroxylation sites is 2. The summed E-state index contributed by atoms with van der Waals surface area (Å²) in [7, 11) is 0. The third kappa shape index (κ3) is 6.08. The van der Waals surface area contributed by atoms with Crippen molar-refractivity contribution in [2.24, 2.45) is 0 Å². The number of alkyl halides is 3. The quantitative estimate of drug-likeness (QED) is 0.158. The van der Waals surface area contributed by atoms with Crippen molar-refractivity contribution in [2.45, 2.75) is 13.1 Å². The molecule has 0 aliphatic carbocycles. The molecule has 0 aliphatic heterocycles. The van der Waals surface area contributed by atoms with Gasteiger partial charge in [-0.25, -0.2) is 24.9 Å². The number of ether oxygens (including phenoxy) is 2. The van der Waals surface area contributed by atoms with Gasteiger partial charge < -0.3 is 9.47 Å². The van der Waals surface area contributed by atoms with Crippen molar-refractivity contribution in [3.8, 4) is 40.6 Å². The highest BCUT2D eigenvalue weighted by Gasteiger charge is 2.31. The second-order valence-electron chi connectivity index (χ2n) is 15.5. The van der Waals surface area contributed by atoms with Gasteiger partial charge in [0, 0.05) is 69.0 Å². The molecule has 0 N–H and O–H groups in total. The van der Waals surface area contributed by atoms with Gasteiger partial charge in [0.25, 0.3) is 0 Å². The van der Waals surface area contributed by atoms with Gasteiger partial charge in [-0.3, -0.25) is 13.7 Å². The number of rotatable bonds is 7. The van der Waals surface area contributed by atoms with Crippen molar-refractivity contribution in [3.63, 3.8) is 0 Å². The lowest BCUT2D eigenvalue weighted by molar-refractivity contribution is -0.137. The van der Waals surface area contributed by atoms with Gasteiger partial charge in [-0.15, -0.1) is 0 Å². The third-order valence-corrected chi connectivity index (χ3v) is 11.6. The Labute approximate surface area is 361 Å². The van der Waals surface area contributed by atoms with E-state index in [0.717, 1.165) is 83.4 Å². The molecule has 13 heteroatoms. The van der Waals surface area contributed by atoms with Crippen molar-refractivity contribution in [2.75, 3.05) is 0 Å². The topological polar surface area (TPSA) is 97.7 Å². The van der Waals surface area contributed by atoms with Gasteiger partial charge in [0.15, 0.2) is 0 Å². The molecule has 0 saturated heterocycles. The normalized spacial score (nSPS) is 12.1. The summed E-state index contributed by atoms with van der Waals surface area (Å²) in [6.07, 6.45) is 1.38. The summed E-state index contributed by atoms with van der Waals surface area (Å²) in [5.41, 5.74) is 5.29. The first kappa shape index (κ1) is 37.2. The van der Waals surface area contributed by atoms with Crippen LogP contribution in [0.2, 0.25) is 0 Å². The number of aryl methyl sites for hydroxylation is 1. The predicted octanol–water partition coefficient (Wildman–Crippen LogP) is 12.9. The van der Waals surface area contributed by atoms with Gasteiger partial charge in [0.1, 0.15) is 47.3 Å². The van der Waals surface area contributed by atoms with Crippen molar-refractivity contribution in [3.05, 3.63) is 182 Å². The maximum absolute atomic E-state index is 13.8. The Hall–Kier alpha value is -8.58. The second kappa shape index (κ2) is 14.2. The molecule has 0 amide bonds. The number of pyridine rings is 2. The van der Waals surface area contributed by atoms with E-state index in [-0.39, 0.29) is 5.82 Å². The molecule has 12 aromatic rings. The average Bonchev–Trinajstić information content (AvgIpc) is 3.93. The summed E-state index contributed by atoms with van der Waals surface area (Å²) in [6.45, 7) is 2.06. The fourth-order valence-corrected chi connectivity index (χ4v) is 8.82. The zero-order valence-corrected chi connectivity index (χ0v) is 33.7. The lowest BCUT2D eigenvalue weighted by atomic mass is 10.1. The zero-order chi connectivity index (χ0) is 43.1. The van der Waals surface area contributed by atoms with Crippen LogP contribution in [0.4, 0.5) is 13.2 Å². The van der Waals surface area contributed by atoms with Crippen LogP contribution >= 0.6 is 0 Å². The van der Waals surface area contributed by atoms with Crippen LogP contribution < -0.4 is 9.47 Å². The van der Waals surface area contributed by atoms with E-state index in [1.807, 2.05) is 120 Å². The van der Waals surface area contributed by atoms with E-state index in [0.29, 0.717) is 34.5 Å². The molecule has 0 unspecified atom stereocenters. The number of benzene rings is 6. The molecule has 0 aliphatic rings. The summed E-state index contributed by atoms with van der Waals surface area (Å²) in [4.78, 5) is 22.2. The first-order valence-corrected chi connectivity index (χ1v) is 20.3. The number of aromatic nitrogens is 8. The molecular formula is C51H31F3N8O2. The van der Waals surface area contributed by atoms with Crippen molar-refractivity contribution < 1.29 is 22.6 Å². The fraction of sp³-hybridized carbons (Fsp3) is 0.0392. The summed E-state index contributed by atoms with van der Waals surface area (Å²) in [5, 5.41) is 5.79. The van der Waals surface area contributed by atoms with Gasteiger partial charge in [0.2, 0.25) is 5.95 Å². The highest BCUT2D eigenvalue weighted by Crippen LogP contribution is 2.41. The van der Waals surface area contributed by atoms with E-state index in [1.54, 1.807) is 4.57 Å². The zero-order valence-electron chi connectivity index (χ0n) is 33.7. The third-order valence-electron chi connectivity index (χ3n) is 11.6. The molecule has 308 valence electrons. The van der Waals surface area contributed by atoms with E-state index >= 15 is 0 Å². The van der Waals surface area contributed by atoms with E-state index < -0.39 is 11.7 Å². The molecule has 6 aromatic heterocycles. The first-order valence-electron chi connectivity index (χ1n) is 20.3. The van der Waals surface area contributed by atoms with Crippen LogP contribution in [-0.4, -0.2) is 38.6 Å². The number of nitrogens with zero attached hydrogens (tertiary/aromatic N) is 8. The highest BCUT2D eigenvalue weighted by molar-refractivity contribution is 6.11. The molecular weight excluding hydrogens is 814 g/mol. The van der Waals surface area contributed by atoms with Gasteiger partial charge >= 0.3 is 6.18 Å². The Kier molecular flexibility index (Phi) is 8.28. The van der Waals surface area contributed by atoms with Crippen molar-refractivity contribution in [1.82, 2.24) is 38.6 Å². The fourth-order valence-electron chi connectivity index (χ4n) is 8.82. The molecule has 10 nitrogen and oxygen atoms in total. The minimum absolute atomic E-state index is 0.146. The molecule has 12 rings (SSSR count). The molecule has 0 saturated carbocycles. The van der Waals surface area contributed by atoms with E-state index in [2.05, 4.69) is 55.7 Å². The highest BCUT2D eigenvalue weighted by atomic mass is 19.4. The molecule has 0 spiro atoms. The Balaban J connectivity index is 0.947. The number of halogens is 3. The largest absolute Gasteiger partial charge is 0.457 e. The minimum atomic E-state index is -4.53. The van der Waals surface area contributed by atoms with Crippen LogP contribution in [0.5, 0.6) is 23.0 Å². The Morgan fingerprint density at radius 3 is 1.31 bits per heavy atom. The van der Waals surface area contributed by atoms with Crippen molar-refractivity contribution in [1.29, 1.82) is 0 Å². The van der Waals surface area contributed by atoms with Crippen LogP contribution in [0.1, 0.15) is 11.1 Å². The van der Waals surface area contributed by atoms with Crippen LogP contribution in [0, 0.1) is 6.92 Å². The molecule has 0 fully saturated rings. The first-order chi connectivity index (χ1) is 31.2. The Morgan fingerprint density at radius 1 is 0.422 bits per heavy atom. The second-order valence-corrected chi connectivity index (χ2v) is 15.5. The van der Waals surface area contributed by atoms with Gasteiger partial charge in [-0.2, -0.15) is 13.2 Å². The lowest BCUT2D eigenvalue weighted by Crippen LogP contribution is -2.07. The molecule has 0 bridgehead atoms. The van der Waals surface area contributed by atoms with Crippen LogP contribution in [0.15, 0.2) is 171 Å². The monoisotopic (exact) mass is 844 g/mol. The Morgan fingerprint density at radius 2 is 0.844 bits per heavy atom. The summed E-state index contributed by atoms with van der Waals surface area (Å²) < 4.78 is 60.5. The maximum atomic E-state index is 13.8. The van der Waals surface area contributed by atoms with Gasteiger partial charge in [0.05, 0.1) is 38.7 Å². The Bertz CT molecular complexity index is 3820. The standard InChI is InChI=1S/C51H31F3N8O2/c1-30-18-20-56-48(22-30)60-42-8-4-2-6-36(42)38-14-10-32(24-44(38)60)63-34-12-16-40-41-17-13-35(27-47(41)62(46(40)26-34)50-58-28-55-29-59-50)64-33-11-15-39-37-7-3-5-9-43(37)61(45(39)25-33)49-23-31(19-21-57-49)51(52,53)54/h2-29H,1H3. The molecule has 64 heavy (non-hydrogen) atoms. The average molecular weight is 845 g/mol. The number of hydrogen-bond donors (Lipinski definition) is 0. The van der Waals surface area contributed by atoms with E-state index in [4.69, 9.17) is 14.5 Å². The number of hydrogen-bond acceptors (Lipinski definition) is 7. The van der Waals surface area contributed by atoms with Gasteiger partial charge in [-0.1, -0.05) is 36.4 Å². The van der Waals surface area contributed by atoms with E-state index in [9.17, 15) is 13.2 Å². The maximum Gasteiger partial charge on any atom is 0.416 e. The SMILES string of the molecule is Cc1ccnc(-n2c3ccccc3c3ccc(Oc4ccc5c6ccc(Oc7ccc8c9ccccc9n(-c9cc(C(F)(F)F)ccn9)c8c7)cc6n(-c6ncncn6)c5c4)cc32)c1. The van der Waals surface area contributed by atoms with Crippen LogP contribution in [-0.2, 0) is 6.18 Å². The lowest BCUT2D eigenvalue weighted by Gasteiger charge is -2.12. The predicted molar refractivity (Wildman–Crippen MR) is 241 cm³/mol. The molecule has 0 atom stereocenters. The summed E-state index contributed by atoms with van der Waals surface area (Å²) >= 11 is 0. The van der Waals surface area contributed by atoms with Gasteiger partial charge in [-0.05, 0) is 97.4 Å². The van der Waals surface area contributed by atoms with E-state index in [1.165, 1.54) is 18.9 Å². The molecule has 6 heterocycles. The van der Waals surface area contributed by atoms with Crippen molar-refractivity contribution >= 4 is 65.4 Å². The summed E-state index contributed by atoms with van der Waals surface area (Å²) in [5.74, 6) is 3.64. The van der Waals surface area contributed by atoms with Crippen LogP contribution in [0.25, 0.3) is 83.0 Å². The van der Waals surface area contributed by atoms with Crippen LogP contribution in [0.3, 0.4) is 0 Å².